The SMILES string of the molecule is CCCCCNC(=O)CCC(CCC(=O)NCCCCS)(CCC(=O)C(C)C)NC(=O)CCCCCCCCCCC(=O)Oc1c(F)c(F)c(F)c(F)c1P. The van der Waals surface area contributed by atoms with Gasteiger partial charge in [-0.25, -0.2) is 13.2 Å². The number of halogens is 4. The van der Waals surface area contributed by atoms with Crippen LogP contribution >= 0.6 is 21.9 Å². The second-order valence-corrected chi connectivity index (χ2v) is 15.6. The lowest BCUT2D eigenvalue weighted by Gasteiger charge is -2.35. The highest BCUT2D eigenvalue weighted by Crippen LogP contribution is 2.28. The number of carbonyl (C=O) groups is 5. The number of esters is 1. The van der Waals surface area contributed by atoms with Gasteiger partial charge < -0.3 is 20.7 Å². The molecule has 0 fully saturated rings. The van der Waals surface area contributed by atoms with Gasteiger partial charge in [0.1, 0.15) is 5.78 Å². The average Bonchev–Trinajstić information content (AvgIpc) is 3.16. The number of thiol groups is 1. The first kappa shape index (κ1) is 50.3. The highest BCUT2D eigenvalue weighted by Gasteiger charge is 2.34. The Bertz CT molecular complexity index is 1310. The fraction of sp³-hybridized carbons (Fsp3) is 0.725. The van der Waals surface area contributed by atoms with Crippen LogP contribution in [0.1, 0.15) is 156 Å². The van der Waals surface area contributed by atoms with Crippen LogP contribution in [0.5, 0.6) is 5.75 Å². The monoisotopic (exact) mass is 821 g/mol. The van der Waals surface area contributed by atoms with Crippen molar-refractivity contribution in [3.05, 3.63) is 23.3 Å². The molecule has 9 nitrogen and oxygen atoms in total. The maximum absolute atomic E-state index is 14.0. The highest BCUT2D eigenvalue weighted by atomic mass is 32.1. The molecule has 2 atom stereocenters. The van der Waals surface area contributed by atoms with E-state index in [1.807, 2.05) is 13.8 Å². The van der Waals surface area contributed by atoms with Crippen LogP contribution in [-0.4, -0.2) is 53.9 Å². The summed E-state index contributed by atoms with van der Waals surface area (Å²) in [6, 6.07) is 0. The Morgan fingerprint density at radius 2 is 1.13 bits per heavy atom. The molecule has 0 aliphatic heterocycles. The number of carbonyl (C=O) groups excluding carboxylic acids is 5. The molecular formula is C40H64F4N3O6PS. The highest BCUT2D eigenvalue weighted by molar-refractivity contribution is 7.80. The van der Waals surface area contributed by atoms with Gasteiger partial charge in [-0.15, -0.1) is 0 Å². The third-order valence-corrected chi connectivity index (χ3v) is 10.4. The molecule has 15 heteroatoms. The fourth-order valence-electron chi connectivity index (χ4n) is 6.03. The summed E-state index contributed by atoms with van der Waals surface area (Å²) in [5, 5.41) is 8.35. The lowest BCUT2D eigenvalue weighted by atomic mass is 9.81. The van der Waals surface area contributed by atoms with Gasteiger partial charge in [-0.05, 0) is 57.1 Å². The fourth-order valence-corrected chi connectivity index (χ4v) is 6.57. The Balaban J connectivity index is 2.64. The number of Topliss-reactive ketones (excluding diaryl/α,β-unsaturated/α-hetero) is 1. The molecule has 2 unspecified atom stereocenters. The van der Waals surface area contributed by atoms with Crippen LogP contribution < -0.4 is 26.0 Å². The summed E-state index contributed by atoms with van der Waals surface area (Å²) in [6.45, 7) is 6.86. The van der Waals surface area contributed by atoms with Crippen molar-refractivity contribution < 1.29 is 46.3 Å². The number of hydrogen-bond acceptors (Lipinski definition) is 7. The van der Waals surface area contributed by atoms with Crippen LogP contribution in [0.3, 0.4) is 0 Å². The molecule has 0 heterocycles. The van der Waals surface area contributed by atoms with Crippen molar-refractivity contribution in [2.75, 3.05) is 18.8 Å². The van der Waals surface area contributed by atoms with Crippen LogP contribution in [0, 0.1) is 29.2 Å². The Morgan fingerprint density at radius 1 is 0.636 bits per heavy atom. The molecule has 55 heavy (non-hydrogen) atoms. The first-order chi connectivity index (χ1) is 26.2. The summed E-state index contributed by atoms with van der Waals surface area (Å²) in [4.78, 5) is 63.7. The van der Waals surface area contributed by atoms with Crippen molar-refractivity contribution in [2.24, 2.45) is 5.92 Å². The minimum Gasteiger partial charge on any atom is -0.422 e. The van der Waals surface area contributed by atoms with E-state index in [0.29, 0.717) is 51.6 Å². The van der Waals surface area contributed by atoms with Gasteiger partial charge in [0.05, 0.1) is 5.30 Å². The van der Waals surface area contributed by atoms with Gasteiger partial charge in [0, 0.05) is 56.7 Å². The topological polar surface area (TPSA) is 131 Å². The number of hydrogen-bond donors (Lipinski definition) is 4. The van der Waals surface area contributed by atoms with E-state index in [0.717, 1.165) is 70.0 Å². The van der Waals surface area contributed by atoms with E-state index in [1.165, 1.54) is 0 Å². The maximum Gasteiger partial charge on any atom is 0.311 e. The van der Waals surface area contributed by atoms with Crippen LogP contribution in [0.4, 0.5) is 17.6 Å². The number of amides is 3. The number of ether oxygens (including phenoxy) is 1. The van der Waals surface area contributed by atoms with E-state index < -0.39 is 45.8 Å². The minimum atomic E-state index is -2.04. The first-order valence-electron chi connectivity index (χ1n) is 20.0. The van der Waals surface area contributed by atoms with Gasteiger partial charge in [0.25, 0.3) is 0 Å². The van der Waals surface area contributed by atoms with Crippen molar-refractivity contribution in [3.8, 4) is 5.75 Å². The molecular weight excluding hydrogens is 757 g/mol. The van der Waals surface area contributed by atoms with Gasteiger partial charge in [-0.1, -0.05) is 81.4 Å². The molecule has 0 bridgehead atoms. The van der Waals surface area contributed by atoms with Crippen LogP contribution in [0.25, 0.3) is 0 Å². The van der Waals surface area contributed by atoms with E-state index in [-0.39, 0.29) is 61.5 Å². The Kier molecular flexibility index (Phi) is 26.2. The van der Waals surface area contributed by atoms with Crippen LogP contribution in [0.2, 0.25) is 0 Å². The van der Waals surface area contributed by atoms with E-state index in [2.05, 4.69) is 35.5 Å². The Morgan fingerprint density at radius 3 is 1.65 bits per heavy atom. The van der Waals surface area contributed by atoms with Crippen molar-refractivity contribution in [3.63, 3.8) is 0 Å². The molecule has 3 N–H and O–H groups in total. The molecule has 0 aliphatic carbocycles. The summed E-state index contributed by atoms with van der Waals surface area (Å²) in [6.07, 6.45) is 12.3. The van der Waals surface area contributed by atoms with Crippen molar-refractivity contribution in [1.82, 2.24) is 16.0 Å². The molecule has 314 valence electrons. The van der Waals surface area contributed by atoms with E-state index in [9.17, 15) is 41.5 Å². The second-order valence-electron chi connectivity index (χ2n) is 14.6. The summed E-state index contributed by atoms with van der Waals surface area (Å²) in [7, 11) is 1.71. The maximum atomic E-state index is 14.0. The summed E-state index contributed by atoms with van der Waals surface area (Å²) < 4.78 is 59.3. The standard InChI is InChI=1S/C40H64F4N3O6PS/c1-4-5-14-25-45-30(49)20-23-40(22-19-29(48)28(2)3,24-21-31(50)46-26-15-16-27-55)47-32(51)17-12-10-8-6-7-9-11-13-18-33(52)53-38-36(43)34(41)35(42)37(44)39(38)54/h28,55H,4-27,54H2,1-3H3,(H,45,49)(H,46,50)(H,47,51). The molecule has 0 saturated carbocycles. The predicted octanol–water partition coefficient (Wildman–Crippen LogP) is 8.10. The lowest BCUT2D eigenvalue weighted by Crippen LogP contribution is -2.50. The lowest BCUT2D eigenvalue weighted by molar-refractivity contribution is -0.134. The molecule has 0 saturated heterocycles. The zero-order valence-electron chi connectivity index (χ0n) is 33.0. The third-order valence-electron chi connectivity index (χ3n) is 9.58. The average molecular weight is 822 g/mol. The van der Waals surface area contributed by atoms with E-state index >= 15 is 0 Å². The Hall–Kier alpha value is -2.73. The van der Waals surface area contributed by atoms with Gasteiger partial charge in [-0.2, -0.15) is 17.0 Å². The molecule has 0 aliphatic rings. The van der Waals surface area contributed by atoms with Crippen LogP contribution in [0.15, 0.2) is 0 Å². The molecule has 0 radical (unpaired) electrons. The molecule has 1 aromatic rings. The molecule has 3 amide bonds. The van der Waals surface area contributed by atoms with Gasteiger partial charge in [0.15, 0.2) is 17.4 Å². The Labute approximate surface area is 333 Å². The number of benzene rings is 1. The molecule has 0 spiro atoms. The quantitative estimate of drug-likeness (QED) is 0.00876. The van der Waals surface area contributed by atoms with Crippen molar-refractivity contribution >= 4 is 56.6 Å². The number of rotatable bonds is 31. The summed E-state index contributed by atoms with van der Waals surface area (Å²) in [5.41, 5.74) is -0.894. The molecule has 0 aromatic heterocycles. The van der Waals surface area contributed by atoms with Crippen molar-refractivity contribution in [1.29, 1.82) is 0 Å². The third kappa shape index (κ3) is 20.8. The minimum absolute atomic E-state index is 0.0572. The molecule has 1 aromatic carbocycles. The number of ketones is 1. The second kappa shape index (κ2) is 28.6. The summed E-state index contributed by atoms with van der Waals surface area (Å²) in [5.74, 6) is -9.11. The van der Waals surface area contributed by atoms with Gasteiger partial charge >= 0.3 is 5.97 Å². The zero-order valence-corrected chi connectivity index (χ0v) is 35.1. The summed E-state index contributed by atoms with van der Waals surface area (Å²) >= 11 is 4.21. The van der Waals surface area contributed by atoms with Gasteiger partial charge in [-0.3, -0.25) is 24.0 Å². The van der Waals surface area contributed by atoms with Crippen LogP contribution in [-0.2, 0) is 24.0 Å². The zero-order chi connectivity index (χ0) is 41.2. The van der Waals surface area contributed by atoms with E-state index in [4.69, 9.17) is 4.74 Å². The number of nitrogens with one attached hydrogen (secondary N) is 3. The normalized spacial score (nSPS) is 12.3. The van der Waals surface area contributed by atoms with E-state index in [1.54, 1.807) is 9.24 Å². The first-order valence-corrected chi connectivity index (χ1v) is 21.2. The van der Waals surface area contributed by atoms with Crippen molar-refractivity contribution in [2.45, 2.75) is 161 Å². The number of unbranched alkanes of at least 4 members (excludes halogenated alkanes) is 10. The van der Waals surface area contributed by atoms with Gasteiger partial charge in [0.2, 0.25) is 29.4 Å². The predicted molar refractivity (Wildman–Crippen MR) is 214 cm³/mol. The smallest absolute Gasteiger partial charge is 0.311 e. The largest absolute Gasteiger partial charge is 0.422 e. The molecule has 1 rings (SSSR count).